The number of nitrogens with one attached hydrogen (secondary N) is 2. The summed E-state index contributed by atoms with van der Waals surface area (Å²) in [6, 6.07) is 1.43. The number of benzene rings is 1. The van der Waals surface area contributed by atoms with Crippen LogP contribution in [0.15, 0.2) is 30.4 Å². The largest absolute Gasteiger partial charge is 0.479 e. The van der Waals surface area contributed by atoms with Crippen LogP contribution in [0.5, 0.6) is 0 Å². The van der Waals surface area contributed by atoms with Gasteiger partial charge in [-0.05, 0) is 76.1 Å². The molecule has 4 N–H and O–H groups in total. The highest BCUT2D eigenvalue weighted by atomic mass is 19.4. The second-order valence-electron chi connectivity index (χ2n) is 14.4. The first-order valence-electron chi connectivity index (χ1n) is 16.8. The molecule has 0 spiro atoms. The number of halogens is 3. The molecule has 3 aliphatic heterocycles. The standard InChI is InChI=1S/C34H45F3N4O8/c1-32(2,3)49-30(46)38-25-10-8-6-4-5-7-9-23-17-33(23,29(44)45)39-27(42)26-16-24(19-41(26)28(25)43)48-31(47)40-14-13-20-15-22(34(35,36)37)12-11-21(20)18-40/h7,9,11-12,15,23-26,28,43H,4-6,8,10,13-14,16-19H2,1-3H3,(H,38,46)(H,39,42)(H,44,45)/b9-7-/t23-,24-,25+,26+,28?,33-/m1/s1. The second-order valence-corrected chi connectivity index (χ2v) is 14.4. The van der Waals surface area contributed by atoms with Gasteiger partial charge in [-0.2, -0.15) is 13.2 Å². The number of allylic oxidation sites excluding steroid dienone is 1. The minimum Gasteiger partial charge on any atom is -0.479 e. The third-order valence-electron chi connectivity index (χ3n) is 9.57. The van der Waals surface area contributed by atoms with E-state index in [0.717, 1.165) is 25.0 Å². The monoisotopic (exact) mass is 694 g/mol. The van der Waals surface area contributed by atoms with Crippen molar-refractivity contribution in [3.8, 4) is 0 Å². The Bertz CT molecular complexity index is 1460. The molecule has 4 aliphatic rings. The van der Waals surface area contributed by atoms with Crippen LogP contribution in [0.4, 0.5) is 22.8 Å². The van der Waals surface area contributed by atoms with E-state index in [1.54, 1.807) is 20.8 Å². The number of aliphatic carboxylic acids is 1. The smallest absolute Gasteiger partial charge is 0.416 e. The number of aliphatic hydroxyl groups is 1. The van der Waals surface area contributed by atoms with Crippen molar-refractivity contribution in [1.29, 1.82) is 0 Å². The Kier molecular flexibility index (Phi) is 10.5. The summed E-state index contributed by atoms with van der Waals surface area (Å²) in [6.45, 7) is 5.17. The first-order valence-corrected chi connectivity index (χ1v) is 16.8. The summed E-state index contributed by atoms with van der Waals surface area (Å²) in [5.41, 5.74) is -2.01. The molecule has 1 aromatic carbocycles. The van der Waals surface area contributed by atoms with Crippen LogP contribution in [-0.4, -0.2) is 92.7 Å². The maximum atomic E-state index is 13.8. The van der Waals surface area contributed by atoms with Crippen LogP contribution in [0.3, 0.4) is 0 Å². The Labute approximate surface area is 283 Å². The Morgan fingerprint density at radius 1 is 1.10 bits per heavy atom. The van der Waals surface area contributed by atoms with Gasteiger partial charge in [0.2, 0.25) is 5.91 Å². The van der Waals surface area contributed by atoms with Crippen LogP contribution < -0.4 is 10.6 Å². The van der Waals surface area contributed by atoms with Gasteiger partial charge in [0, 0.05) is 32.0 Å². The summed E-state index contributed by atoms with van der Waals surface area (Å²) < 4.78 is 50.8. The summed E-state index contributed by atoms with van der Waals surface area (Å²) in [4.78, 5) is 55.1. The fourth-order valence-corrected chi connectivity index (χ4v) is 6.88. The number of carboxylic acids is 1. The summed E-state index contributed by atoms with van der Waals surface area (Å²) >= 11 is 0. The summed E-state index contributed by atoms with van der Waals surface area (Å²) in [5, 5.41) is 27.2. The number of ether oxygens (including phenoxy) is 2. The van der Waals surface area contributed by atoms with Gasteiger partial charge in [0.05, 0.1) is 17.6 Å². The topological polar surface area (TPSA) is 158 Å². The van der Waals surface area contributed by atoms with E-state index in [2.05, 4.69) is 10.6 Å². The average Bonchev–Trinajstić information content (AvgIpc) is 3.55. The predicted octanol–water partition coefficient (Wildman–Crippen LogP) is 4.33. The molecule has 1 aromatic rings. The number of rotatable bonds is 3. The second kappa shape index (κ2) is 14.2. The van der Waals surface area contributed by atoms with Gasteiger partial charge in [-0.25, -0.2) is 14.4 Å². The Hall–Kier alpha value is -3.85. The fourth-order valence-electron chi connectivity index (χ4n) is 6.88. The number of alkyl carbamates (subject to hydrolysis) is 1. The molecule has 5 rings (SSSR count). The van der Waals surface area contributed by atoms with Crippen LogP contribution in [0.25, 0.3) is 0 Å². The number of carbonyl (C=O) groups excluding carboxylic acids is 3. The zero-order valence-corrected chi connectivity index (χ0v) is 27.9. The highest BCUT2D eigenvalue weighted by molar-refractivity contribution is 5.93. The molecule has 49 heavy (non-hydrogen) atoms. The van der Waals surface area contributed by atoms with Crippen LogP contribution in [0.1, 0.15) is 82.4 Å². The van der Waals surface area contributed by atoms with Crippen molar-refractivity contribution in [2.24, 2.45) is 5.92 Å². The van der Waals surface area contributed by atoms with Gasteiger partial charge in [-0.15, -0.1) is 0 Å². The molecule has 1 saturated carbocycles. The normalized spacial score (nSPS) is 30.3. The van der Waals surface area contributed by atoms with Crippen molar-refractivity contribution in [2.45, 2.75) is 120 Å². The van der Waals surface area contributed by atoms with E-state index < -0.39 is 77.3 Å². The molecular formula is C34H45F3N4O8. The lowest BCUT2D eigenvalue weighted by atomic mass is 9.97. The van der Waals surface area contributed by atoms with Crippen molar-refractivity contribution in [3.63, 3.8) is 0 Å². The average molecular weight is 695 g/mol. The molecule has 6 atom stereocenters. The van der Waals surface area contributed by atoms with Gasteiger partial charge in [0.1, 0.15) is 23.5 Å². The van der Waals surface area contributed by atoms with Gasteiger partial charge >= 0.3 is 24.3 Å². The van der Waals surface area contributed by atoms with Gasteiger partial charge in [-0.1, -0.05) is 31.1 Å². The van der Waals surface area contributed by atoms with Crippen molar-refractivity contribution in [3.05, 3.63) is 47.0 Å². The van der Waals surface area contributed by atoms with Crippen LogP contribution in [0.2, 0.25) is 0 Å². The highest BCUT2D eigenvalue weighted by Gasteiger charge is 2.61. The van der Waals surface area contributed by atoms with Crippen molar-refractivity contribution in [1.82, 2.24) is 20.4 Å². The number of alkyl halides is 3. The lowest BCUT2D eigenvalue weighted by molar-refractivity contribution is -0.145. The van der Waals surface area contributed by atoms with Crippen molar-refractivity contribution in [2.75, 3.05) is 13.1 Å². The SMILES string of the molecule is CC(C)(C)OC(=O)N[C@H]1CCCCC/C=C\[C@@H]2C[C@@]2(C(=O)O)NC(=O)[C@@H]2C[C@@H](OC(=O)N3CCc4cc(C(F)(F)F)ccc4C3)CN2C1O. The molecule has 3 heterocycles. The molecule has 1 saturated heterocycles. The number of hydrogen-bond acceptors (Lipinski definition) is 8. The van der Waals surface area contributed by atoms with Gasteiger partial charge in [-0.3, -0.25) is 9.69 Å². The van der Waals surface area contributed by atoms with Gasteiger partial charge in [0.15, 0.2) is 0 Å². The van der Waals surface area contributed by atoms with Crippen LogP contribution >= 0.6 is 0 Å². The molecule has 0 radical (unpaired) electrons. The molecule has 2 fully saturated rings. The van der Waals surface area contributed by atoms with E-state index in [-0.39, 0.29) is 38.9 Å². The zero-order chi connectivity index (χ0) is 35.7. The maximum absolute atomic E-state index is 13.8. The molecule has 0 aromatic heterocycles. The Balaban J connectivity index is 1.35. The number of hydrogen-bond donors (Lipinski definition) is 4. The van der Waals surface area contributed by atoms with E-state index in [1.807, 2.05) is 12.2 Å². The summed E-state index contributed by atoms with van der Waals surface area (Å²) in [6.07, 6.45) is -0.935. The lowest BCUT2D eigenvalue weighted by Gasteiger charge is -2.35. The Morgan fingerprint density at radius 3 is 2.55 bits per heavy atom. The minimum absolute atomic E-state index is 0.0349. The quantitative estimate of drug-likeness (QED) is 0.338. The summed E-state index contributed by atoms with van der Waals surface area (Å²) in [5.74, 6) is -2.23. The Morgan fingerprint density at radius 2 is 1.86 bits per heavy atom. The van der Waals surface area contributed by atoms with Gasteiger partial charge < -0.3 is 35.2 Å². The predicted molar refractivity (Wildman–Crippen MR) is 169 cm³/mol. The number of aliphatic hydroxyl groups excluding tert-OH is 1. The van der Waals surface area contributed by atoms with Crippen molar-refractivity contribution < 1.29 is 52.0 Å². The molecule has 270 valence electrons. The number of carboxylic acid groups (broad SMARTS) is 1. The first kappa shape index (κ1) is 36.4. The molecule has 12 nitrogen and oxygen atoms in total. The van der Waals surface area contributed by atoms with E-state index in [4.69, 9.17) is 9.47 Å². The van der Waals surface area contributed by atoms with Crippen LogP contribution in [-0.2, 0) is 38.2 Å². The lowest BCUT2D eigenvalue weighted by Crippen LogP contribution is -2.58. The van der Waals surface area contributed by atoms with E-state index in [1.165, 1.54) is 15.9 Å². The van der Waals surface area contributed by atoms with E-state index >= 15 is 0 Å². The fraction of sp³-hybridized carbons (Fsp3) is 0.647. The van der Waals surface area contributed by atoms with E-state index in [0.29, 0.717) is 30.4 Å². The summed E-state index contributed by atoms with van der Waals surface area (Å²) in [7, 11) is 0. The number of nitrogens with zero attached hydrogens (tertiary/aromatic N) is 2. The molecule has 15 heteroatoms. The molecule has 1 unspecified atom stereocenters. The maximum Gasteiger partial charge on any atom is 0.416 e. The van der Waals surface area contributed by atoms with Crippen LogP contribution in [0, 0.1) is 5.92 Å². The third-order valence-corrected chi connectivity index (χ3v) is 9.57. The number of fused-ring (bicyclic) bond motifs is 3. The van der Waals surface area contributed by atoms with Crippen molar-refractivity contribution >= 4 is 24.1 Å². The first-order chi connectivity index (χ1) is 23.0. The molecule has 0 bridgehead atoms. The molecule has 1 aliphatic carbocycles. The van der Waals surface area contributed by atoms with Gasteiger partial charge in [0.25, 0.3) is 0 Å². The number of carbonyl (C=O) groups is 4. The third kappa shape index (κ3) is 8.66. The highest BCUT2D eigenvalue weighted by Crippen LogP contribution is 2.45. The molecule has 3 amide bonds. The zero-order valence-electron chi connectivity index (χ0n) is 27.9. The molecular weight excluding hydrogens is 649 g/mol. The number of amides is 3. The van der Waals surface area contributed by atoms with E-state index in [9.17, 15) is 42.6 Å². The minimum atomic E-state index is -4.48.